The molecule has 1 aromatic heterocycles. The van der Waals surface area contributed by atoms with Crippen molar-refractivity contribution in [1.29, 1.82) is 0 Å². The maximum absolute atomic E-state index is 13.8. The molecule has 3 heterocycles. The minimum atomic E-state index is -0.223. The third-order valence-corrected chi connectivity index (χ3v) is 5.49. The molecule has 2 saturated heterocycles. The Morgan fingerprint density at radius 2 is 1.88 bits per heavy atom. The Balaban J connectivity index is 1.31. The summed E-state index contributed by atoms with van der Waals surface area (Å²) >= 11 is 0. The van der Waals surface area contributed by atoms with E-state index in [2.05, 4.69) is 19.9 Å². The molecule has 0 radical (unpaired) electrons. The molecule has 26 heavy (non-hydrogen) atoms. The summed E-state index contributed by atoms with van der Waals surface area (Å²) in [6.45, 7) is 6.63. The number of rotatable bonds is 6. The van der Waals surface area contributed by atoms with Crippen molar-refractivity contribution in [2.75, 3.05) is 32.7 Å². The van der Waals surface area contributed by atoms with E-state index < -0.39 is 0 Å². The molecule has 1 aromatic carbocycles. The van der Waals surface area contributed by atoms with Gasteiger partial charge in [0.1, 0.15) is 5.82 Å². The first-order valence-electron chi connectivity index (χ1n) is 9.76. The lowest BCUT2D eigenvalue weighted by Crippen LogP contribution is -2.40. The van der Waals surface area contributed by atoms with Crippen molar-refractivity contribution < 1.29 is 8.91 Å². The minimum Gasteiger partial charge on any atom is -0.338 e. The van der Waals surface area contributed by atoms with Gasteiger partial charge in [-0.3, -0.25) is 4.90 Å². The Morgan fingerprint density at radius 3 is 2.73 bits per heavy atom. The summed E-state index contributed by atoms with van der Waals surface area (Å²) in [5, 5.41) is 4.03. The molecular weight excluding hydrogens is 331 g/mol. The van der Waals surface area contributed by atoms with Gasteiger partial charge in [0.2, 0.25) is 5.89 Å². The molecule has 140 valence electrons. The number of hydrogen-bond acceptors (Lipinski definition) is 5. The van der Waals surface area contributed by atoms with E-state index >= 15 is 0 Å². The summed E-state index contributed by atoms with van der Waals surface area (Å²) in [6.07, 6.45) is 5.62. The van der Waals surface area contributed by atoms with Crippen LogP contribution in [0, 0.1) is 11.7 Å². The van der Waals surface area contributed by atoms with Crippen LogP contribution in [0.3, 0.4) is 0 Å². The highest BCUT2D eigenvalue weighted by molar-refractivity contribution is 5.20. The average molecular weight is 358 g/mol. The molecule has 0 spiro atoms. The van der Waals surface area contributed by atoms with E-state index in [-0.39, 0.29) is 5.82 Å². The summed E-state index contributed by atoms with van der Waals surface area (Å²) in [7, 11) is 0. The molecule has 6 heteroatoms. The van der Waals surface area contributed by atoms with Gasteiger partial charge in [-0.2, -0.15) is 4.98 Å². The highest BCUT2D eigenvalue weighted by atomic mass is 19.1. The van der Waals surface area contributed by atoms with Crippen molar-refractivity contribution in [3.8, 4) is 0 Å². The van der Waals surface area contributed by atoms with Crippen LogP contribution in [0.5, 0.6) is 0 Å². The quantitative estimate of drug-likeness (QED) is 0.794. The van der Waals surface area contributed by atoms with Crippen LogP contribution in [-0.2, 0) is 13.0 Å². The zero-order valence-electron chi connectivity index (χ0n) is 15.2. The van der Waals surface area contributed by atoms with E-state index in [1.807, 2.05) is 6.07 Å². The molecule has 0 amide bonds. The maximum Gasteiger partial charge on any atom is 0.240 e. The van der Waals surface area contributed by atoms with E-state index in [4.69, 9.17) is 4.52 Å². The average Bonchev–Trinajstić information content (AvgIpc) is 3.30. The second-order valence-corrected chi connectivity index (χ2v) is 7.62. The number of piperidine rings is 1. The van der Waals surface area contributed by atoms with Crippen molar-refractivity contribution >= 4 is 0 Å². The van der Waals surface area contributed by atoms with E-state index in [9.17, 15) is 4.39 Å². The van der Waals surface area contributed by atoms with Crippen LogP contribution in [0.15, 0.2) is 28.8 Å². The fraction of sp³-hybridized carbons (Fsp3) is 0.600. The topological polar surface area (TPSA) is 45.4 Å². The van der Waals surface area contributed by atoms with E-state index in [1.54, 1.807) is 12.1 Å². The molecule has 0 N–H and O–H groups in total. The van der Waals surface area contributed by atoms with Gasteiger partial charge in [-0.05, 0) is 62.9 Å². The van der Waals surface area contributed by atoms with Crippen molar-refractivity contribution in [1.82, 2.24) is 19.9 Å². The number of hydrogen-bond donors (Lipinski definition) is 0. The van der Waals surface area contributed by atoms with Gasteiger partial charge in [0, 0.05) is 19.5 Å². The predicted molar refractivity (Wildman–Crippen MR) is 97.2 cm³/mol. The Morgan fingerprint density at radius 1 is 1.08 bits per heavy atom. The molecule has 5 nitrogen and oxygen atoms in total. The monoisotopic (exact) mass is 358 g/mol. The molecule has 4 rings (SSSR count). The fourth-order valence-corrected chi connectivity index (χ4v) is 4.20. The molecule has 2 fully saturated rings. The Bertz CT molecular complexity index is 713. The summed E-state index contributed by atoms with van der Waals surface area (Å²) in [4.78, 5) is 9.50. The Kier molecular flexibility index (Phi) is 5.60. The van der Waals surface area contributed by atoms with E-state index in [0.29, 0.717) is 30.2 Å². The van der Waals surface area contributed by atoms with Gasteiger partial charge in [-0.25, -0.2) is 4.39 Å². The Labute approximate surface area is 154 Å². The van der Waals surface area contributed by atoms with Crippen molar-refractivity contribution in [2.45, 2.75) is 38.6 Å². The van der Waals surface area contributed by atoms with Crippen molar-refractivity contribution in [3.05, 3.63) is 47.4 Å². The molecule has 1 atom stereocenters. The number of nitrogens with zero attached hydrogens (tertiary/aromatic N) is 4. The Hall–Kier alpha value is -1.79. The molecule has 2 aromatic rings. The van der Waals surface area contributed by atoms with Gasteiger partial charge in [-0.1, -0.05) is 23.4 Å². The van der Waals surface area contributed by atoms with Gasteiger partial charge >= 0.3 is 0 Å². The first-order chi connectivity index (χ1) is 12.8. The molecule has 2 aliphatic rings. The summed E-state index contributed by atoms with van der Waals surface area (Å²) in [5.41, 5.74) is 0.600. The standard InChI is InChI=1S/C20H27FN4O/c21-18-8-2-1-7-17(18)12-19-22-20(26-23-19)15-25-11-5-6-16(14-25)13-24-9-3-4-10-24/h1-2,7-8,16H,3-6,9-15H2. The molecule has 1 unspecified atom stereocenters. The van der Waals surface area contributed by atoms with E-state index in [0.717, 1.165) is 19.0 Å². The summed E-state index contributed by atoms with van der Waals surface area (Å²) < 4.78 is 19.2. The van der Waals surface area contributed by atoms with Gasteiger partial charge < -0.3 is 9.42 Å². The molecule has 2 aliphatic heterocycles. The van der Waals surface area contributed by atoms with Crippen LogP contribution in [-0.4, -0.2) is 52.7 Å². The normalized spacial score (nSPS) is 22.1. The first-order valence-corrected chi connectivity index (χ1v) is 9.76. The smallest absolute Gasteiger partial charge is 0.240 e. The second-order valence-electron chi connectivity index (χ2n) is 7.62. The summed E-state index contributed by atoms with van der Waals surface area (Å²) in [6, 6.07) is 6.74. The van der Waals surface area contributed by atoms with Gasteiger partial charge in [0.25, 0.3) is 0 Å². The number of aromatic nitrogens is 2. The van der Waals surface area contributed by atoms with Crippen LogP contribution in [0.4, 0.5) is 4.39 Å². The number of halogens is 1. The van der Waals surface area contributed by atoms with Crippen LogP contribution in [0.2, 0.25) is 0 Å². The second kappa shape index (κ2) is 8.27. The van der Waals surface area contributed by atoms with Crippen molar-refractivity contribution in [3.63, 3.8) is 0 Å². The predicted octanol–water partition coefficient (Wildman–Crippen LogP) is 3.11. The lowest BCUT2D eigenvalue weighted by molar-refractivity contribution is 0.126. The number of benzene rings is 1. The lowest BCUT2D eigenvalue weighted by atomic mass is 9.97. The largest absolute Gasteiger partial charge is 0.338 e. The van der Waals surface area contributed by atoms with Gasteiger partial charge in [-0.15, -0.1) is 0 Å². The van der Waals surface area contributed by atoms with Crippen LogP contribution in [0.25, 0.3) is 0 Å². The maximum atomic E-state index is 13.8. The first kappa shape index (κ1) is 17.6. The minimum absolute atomic E-state index is 0.223. The molecular formula is C20H27FN4O. The molecule has 0 saturated carbocycles. The van der Waals surface area contributed by atoms with Gasteiger partial charge in [0.15, 0.2) is 5.82 Å². The third kappa shape index (κ3) is 4.48. The zero-order chi connectivity index (χ0) is 17.8. The SMILES string of the molecule is Fc1ccccc1Cc1noc(CN2CCCC(CN3CCCC3)C2)n1. The highest BCUT2D eigenvalue weighted by Crippen LogP contribution is 2.21. The molecule has 0 aliphatic carbocycles. The third-order valence-electron chi connectivity index (χ3n) is 5.49. The van der Waals surface area contributed by atoms with Crippen LogP contribution >= 0.6 is 0 Å². The lowest BCUT2D eigenvalue weighted by Gasteiger charge is -2.33. The fourth-order valence-electron chi connectivity index (χ4n) is 4.20. The van der Waals surface area contributed by atoms with Crippen LogP contribution in [0.1, 0.15) is 43.0 Å². The zero-order valence-corrected chi connectivity index (χ0v) is 15.2. The van der Waals surface area contributed by atoms with Crippen LogP contribution < -0.4 is 0 Å². The number of likely N-dealkylation sites (tertiary alicyclic amines) is 2. The highest BCUT2D eigenvalue weighted by Gasteiger charge is 2.24. The van der Waals surface area contributed by atoms with E-state index in [1.165, 1.54) is 51.4 Å². The van der Waals surface area contributed by atoms with Crippen molar-refractivity contribution in [2.24, 2.45) is 5.92 Å². The molecule has 0 bridgehead atoms. The summed E-state index contributed by atoms with van der Waals surface area (Å²) in [5.74, 6) is 1.70. The van der Waals surface area contributed by atoms with Gasteiger partial charge in [0.05, 0.1) is 6.54 Å².